The Hall–Kier alpha value is -2.37. The van der Waals surface area contributed by atoms with Crippen molar-refractivity contribution in [1.82, 2.24) is 10.2 Å². The Kier molecular flexibility index (Phi) is 3.98. The van der Waals surface area contributed by atoms with Crippen LogP contribution in [0.1, 0.15) is 49.7 Å². The fourth-order valence-corrected chi connectivity index (χ4v) is 4.28. The van der Waals surface area contributed by atoms with Crippen LogP contribution in [-0.2, 0) is 22.4 Å². The number of urea groups is 1. The van der Waals surface area contributed by atoms with E-state index in [-0.39, 0.29) is 30.8 Å². The molecule has 1 saturated carbocycles. The fraction of sp³-hybridized carbons (Fsp3) is 0.526. The number of nitrogens with one attached hydrogen (secondary N) is 2. The highest BCUT2D eigenvalue weighted by Crippen LogP contribution is 2.35. The number of carbonyl (C=O) groups excluding carboxylic acids is 3. The van der Waals surface area contributed by atoms with Gasteiger partial charge in [0, 0.05) is 18.7 Å². The lowest BCUT2D eigenvalue weighted by Crippen LogP contribution is -2.44. The normalized spacial score (nSPS) is 20.9. The minimum absolute atomic E-state index is 0.117. The molecule has 25 heavy (non-hydrogen) atoms. The van der Waals surface area contributed by atoms with Gasteiger partial charge in [-0.15, -0.1) is 0 Å². The largest absolute Gasteiger partial charge is 0.326 e. The summed E-state index contributed by atoms with van der Waals surface area (Å²) in [4.78, 5) is 38.1. The average molecular weight is 341 g/mol. The predicted octanol–water partition coefficient (Wildman–Crippen LogP) is 2.37. The molecule has 0 radical (unpaired) electrons. The van der Waals surface area contributed by atoms with E-state index in [2.05, 4.69) is 16.7 Å². The molecule has 0 aromatic heterocycles. The van der Waals surface area contributed by atoms with Gasteiger partial charge in [0.15, 0.2) is 0 Å². The number of anilines is 1. The van der Waals surface area contributed by atoms with E-state index in [1.54, 1.807) is 0 Å². The Bertz CT molecular complexity index is 737. The minimum Gasteiger partial charge on any atom is -0.326 e. The summed E-state index contributed by atoms with van der Waals surface area (Å²) in [5.41, 5.74) is 2.75. The van der Waals surface area contributed by atoms with E-state index in [0.717, 1.165) is 31.4 Å². The van der Waals surface area contributed by atoms with Gasteiger partial charge in [0.25, 0.3) is 5.91 Å². The molecule has 0 atom stereocenters. The zero-order chi connectivity index (χ0) is 17.4. The van der Waals surface area contributed by atoms with Crippen LogP contribution in [0, 0.1) is 0 Å². The first-order valence-electron chi connectivity index (χ1n) is 9.13. The predicted molar refractivity (Wildman–Crippen MR) is 93.2 cm³/mol. The molecular formula is C19H23N3O3. The highest BCUT2D eigenvalue weighted by Gasteiger charge is 2.52. The van der Waals surface area contributed by atoms with Crippen LogP contribution in [0.2, 0.25) is 0 Å². The topological polar surface area (TPSA) is 78.5 Å². The first kappa shape index (κ1) is 16.1. The van der Waals surface area contributed by atoms with E-state index in [1.807, 2.05) is 12.1 Å². The molecule has 3 aliphatic rings. The highest BCUT2D eigenvalue weighted by atomic mass is 16.2. The van der Waals surface area contributed by atoms with E-state index >= 15 is 0 Å². The molecule has 1 saturated heterocycles. The molecule has 2 N–H and O–H groups in total. The minimum atomic E-state index is -0.701. The molecule has 2 aliphatic carbocycles. The van der Waals surface area contributed by atoms with Gasteiger partial charge < -0.3 is 10.6 Å². The van der Waals surface area contributed by atoms with Crippen molar-refractivity contribution in [1.29, 1.82) is 0 Å². The Balaban J connectivity index is 1.34. The first-order chi connectivity index (χ1) is 12.1. The molecule has 1 aliphatic heterocycles. The lowest BCUT2D eigenvalue weighted by Gasteiger charge is -2.19. The van der Waals surface area contributed by atoms with Crippen molar-refractivity contribution in [3.8, 4) is 0 Å². The average Bonchev–Trinajstić information content (AvgIpc) is 3.28. The van der Waals surface area contributed by atoms with Gasteiger partial charge in [0.1, 0.15) is 5.54 Å². The van der Waals surface area contributed by atoms with Crippen LogP contribution in [-0.4, -0.2) is 34.8 Å². The van der Waals surface area contributed by atoms with Crippen molar-refractivity contribution < 1.29 is 14.4 Å². The molecule has 1 heterocycles. The number of amides is 4. The van der Waals surface area contributed by atoms with Gasteiger partial charge in [-0.3, -0.25) is 14.5 Å². The summed E-state index contributed by atoms with van der Waals surface area (Å²) in [7, 11) is 0. The summed E-state index contributed by atoms with van der Waals surface area (Å²) in [5, 5.41) is 5.71. The second-order valence-corrected chi connectivity index (χ2v) is 7.31. The number of imide groups is 1. The van der Waals surface area contributed by atoms with Crippen LogP contribution in [0.5, 0.6) is 0 Å². The third-order valence-electron chi connectivity index (χ3n) is 5.65. The third kappa shape index (κ3) is 2.90. The maximum absolute atomic E-state index is 12.5. The monoisotopic (exact) mass is 341 g/mol. The lowest BCUT2D eigenvalue weighted by molar-refractivity contribution is -0.131. The van der Waals surface area contributed by atoms with Gasteiger partial charge in [-0.2, -0.15) is 0 Å². The van der Waals surface area contributed by atoms with E-state index < -0.39 is 5.54 Å². The molecule has 132 valence electrons. The Morgan fingerprint density at radius 2 is 1.88 bits per heavy atom. The lowest BCUT2D eigenvalue weighted by atomic mass is 9.98. The number of aryl methyl sites for hydroxylation is 2. The van der Waals surface area contributed by atoms with Crippen molar-refractivity contribution in [3.05, 3.63) is 29.3 Å². The molecule has 0 bridgehead atoms. The van der Waals surface area contributed by atoms with Crippen molar-refractivity contribution in [2.24, 2.45) is 0 Å². The quantitative estimate of drug-likeness (QED) is 0.825. The number of fused-ring (bicyclic) bond motifs is 1. The number of hydrogen-bond acceptors (Lipinski definition) is 3. The van der Waals surface area contributed by atoms with Crippen LogP contribution in [0.25, 0.3) is 0 Å². The molecule has 6 nitrogen and oxygen atoms in total. The van der Waals surface area contributed by atoms with E-state index in [9.17, 15) is 14.4 Å². The number of nitrogens with zero attached hydrogens (tertiary/aromatic N) is 1. The molecule has 6 heteroatoms. The summed E-state index contributed by atoms with van der Waals surface area (Å²) in [6, 6.07) is 5.65. The van der Waals surface area contributed by atoms with Crippen molar-refractivity contribution >= 4 is 23.5 Å². The molecule has 4 rings (SSSR count). The van der Waals surface area contributed by atoms with E-state index in [0.29, 0.717) is 12.8 Å². The van der Waals surface area contributed by atoms with E-state index in [1.165, 1.54) is 22.4 Å². The summed E-state index contributed by atoms with van der Waals surface area (Å²) in [6.45, 7) is 0.128. The molecule has 1 spiro atoms. The van der Waals surface area contributed by atoms with Crippen molar-refractivity contribution in [3.63, 3.8) is 0 Å². The summed E-state index contributed by atoms with van der Waals surface area (Å²) in [5.74, 6) is -0.341. The van der Waals surface area contributed by atoms with Gasteiger partial charge in [0.05, 0.1) is 0 Å². The maximum atomic E-state index is 12.5. The zero-order valence-electron chi connectivity index (χ0n) is 14.3. The van der Waals surface area contributed by atoms with Gasteiger partial charge in [-0.05, 0) is 55.4 Å². The number of carbonyl (C=O) groups is 3. The molecule has 1 aromatic carbocycles. The van der Waals surface area contributed by atoms with Gasteiger partial charge in [0.2, 0.25) is 5.91 Å². The smallest absolute Gasteiger partial charge is 0.325 e. The van der Waals surface area contributed by atoms with Gasteiger partial charge in [-0.1, -0.05) is 18.9 Å². The Labute approximate surface area is 147 Å². The maximum Gasteiger partial charge on any atom is 0.325 e. The first-order valence-corrected chi connectivity index (χ1v) is 9.13. The highest BCUT2D eigenvalue weighted by molar-refractivity contribution is 6.07. The standard InChI is InChI=1S/C19H23N3O3/c23-16(20-15-7-6-13-4-3-5-14(13)12-15)8-11-22-17(24)19(21-18(22)25)9-1-2-10-19/h6-7,12H,1-5,8-11H2,(H,20,23)(H,21,25). The van der Waals surface area contributed by atoms with Crippen molar-refractivity contribution in [2.75, 3.05) is 11.9 Å². The second kappa shape index (κ2) is 6.17. The molecule has 2 fully saturated rings. The molecular weight excluding hydrogens is 318 g/mol. The van der Waals surface area contributed by atoms with Crippen LogP contribution in [0.3, 0.4) is 0 Å². The summed E-state index contributed by atoms with van der Waals surface area (Å²) in [6.07, 6.45) is 6.77. The Morgan fingerprint density at radius 1 is 1.12 bits per heavy atom. The van der Waals surface area contributed by atoms with Crippen LogP contribution < -0.4 is 10.6 Å². The van der Waals surface area contributed by atoms with Crippen LogP contribution in [0.4, 0.5) is 10.5 Å². The van der Waals surface area contributed by atoms with Crippen LogP contribution in [0.15, 0.2) is 18.2 Å². The molecule has 4 amide bonds. The van der Waals surface area contributed by atoms with Gasteiger partial charge >= 0.3 is 6.03 Å². The summed E-state index contributed by atoms with van der Waals surface area (Å²) < 4.78 is 0. The fourth-order valence-electron chi connectivity index (χ4n) is 4.28. The molecule has 1 aromatic rings. The summed E-state index contributed by atoms with van der Waals surface area (Å²) >= 11 is 0. The number of hydrogen-bond donors (Lipinski definition) is 2. The molecule has 0 unspecified atom stereocenters. The van der Waals surface area contributed by atoms with Gasteiger partial charge in [-0.25, -0.2) is 4.79 Å². The zero-order valence-corrected chi connectivity index (χ0v) is 14.3. The SMILES string of the molecule is O=C(CCN1C(=O)NC2(CCCC2)C1=O)Nc1ccc2c(c1)CCC2. The third-order valence-corrected chi connectivity index (χ3v) is 5.65. The van der Waals surface area contributed by atoms with Crippen LogP contribution >= 0.6 is 0 Å². The van der Waals surface area contributed by atoms with E-state index in [4.69, 9.17) is 0 Å². The number of rotatable bonds is 4. The van der Waals surface area contributed by atoms with Crippen molar-refractivity contribution in [2.45, 2.75) is 56.9 Å². The number of benzene rings is 1. The Morgan fingerprint density at radius 3 is 2.68 bits per heavy atom. The second-order valence-electron chi connectivity index (χ2n) is 7.31.